The van der Waals surface area contributed by atoms with Gasteiger partial charge >= 0.3 is 0 Å². The number of fused-ring (bicyclic) bond motifs is 5. The zero-order chi connectivity index (χ0) is 19.3. The largest absolute Gasteiger partial charge is 0.392 e. The Labute approximate surface area is 160 Å². The first-order valence-corrected chi connectivity index (χ1v) is 9.99. The Morgan fingerprint density at radius 1 is 1.22 bits per heavy atom. The lowest BCUT2D eigenvalue weighted by molar-refractivity contribution is 0.0507. The van der Waals surface area contributed by atoms with E-state index in [9.17, 15) is 15.0 Å². The molecular weight excluding hydrogens is 366 g/mol. The maximum atomic E-state index is 13.0. The van der Waals surface area contributed by atoms with E-state index in [1.54, 1.807) is 29.7 Å². The predicted molar refractivity (Wildman–Crippen MR) is 102 cm³/mol. The van der Waals surface area contributed by atoms with Gasteiger partial charge in [-0.2, -0.15) is 4.52 Å². The van der Waals surface area contributed by atoms with Gasteiger partial charge in [-0.25, -0.2) is 9.97 Å². The smallest absolute Gasteiger partial charge is 0.293 e. The molecule has 0 saturated heterocycles. The van der Waals surface area contributed by atoms with E-state index >= 15 is 0 Å². The molecule has 27 heavy (non-hydrogen) atoms. The summed E-state index contributed by atoms with van der Waals surface area (Å²) >= 11 is 1.70. The summed E-state index contributed by atoms with van der Waals surface area (Å²) in [5, 5.41) is 24.8. The van der Waals surface area contributed by atoms with Crippen LogP contribution in [0.2, 0.25) is 0 Å². The van der Waals surface area contributed by atoms with Gasteiger partial charge in [0.15, 0.2) is 5.65 Å². The van der Waals surface area contributed by atoms with E-state index in [4.69, 9.17) is 0 Å². The number of aliphatic hydroxyl groups excluding tert-OH is 2. The number of nitrogens with zero attached hydrogens (tertiary/aromatic N) is 5. The molecule has 1 aliphatic rings. The second kappa shape index (κ2) is 6.81. The van der Waals surface area contributed by atoms with E-state index in [1.165, 1.54) is 15.3 Å². The van der Waals surface area contributed by atoms with Gasteiger partial charge in [-0.3, -0.25) is 4.79 Å². The van der Waals surface area contributed by atoms with Crippen LogP contribution in [-0.4, -0.2) is 65.9 Å². The highest BCUT2D eigenvalue weighted by Crippen LogP contribution is 2.38. The Balaban J connectivity index is 1.81. The molecule has 4 rings (SSSR count). The molecule has 2 atom stereocenters. The van der Waals surface area contributed by atoms with Crippen molar-refractivity contribution in [3.63, 3.8) is 0 Å². The highest BCUT2D eigenvalue weighted by atomic mass is 32.1. The number of aromatic nitrogens is 4. The van der Waals surface area contributed by atoms with Crippen LogP contribution in [0.4, 0.5) is 0 Å². The maximum absolute atomic E-state index is 13.0. The Hall–Kier alpha value is -2.10. The van der Waals surface area contributed by atoms with Gasteiger partial charge < -0.3 is 15.1 Å². The second-order valence-electron chi connectivity index (χ2n) is 7.28. The van der Waals surface area contributed by atoms with E-state index in [0.717, 1.165) is 29.5 Å². The van der Waals surface area contributed by atoms with Crippen LogP contribution in [0.1, 0.15) is 47.2 Å². The number of rotatable bonds is 5. The van der Waals surface area contributed by atoms with Crippen molar-refractivity contribution in [1.82, 2.24) is 24.5 Å². The molecule has 9 heteroatoms. The normalized spacial score (nSPS) is 16.0. The van der Waals surface area contributed by atoms with Crippen LogP contribution in [0.25, 0.3) is 15.9 Å². The Bertz CT molecular complexity index is 1010. The Morgan fingerprint density at radius 2 is 1.93 bits per heavy atom. The highest BCUT2D eigenvalue weighted by molar-refractivity contribution is 7.19. The first-order valence-electron chi connectivity index (χ1n) is 9.18. The minimum Gasteiger partial charge on any atom is -0.392 e. The first kappa shape index (κ1) is 18.3. The van der Waals surface area contributed by atoms with E-state index in [-0.39, 0.29) is 18.9 Å². The molecule has 0 radical (unpaired) electrons. The van der Waals surface area contributed by atoms with Gasteiger partial charge in [0.05, 0.1) is 17.6 Å². The summed E-state index contributed by atoms with van der Waals surface area (Å²) in [5.41, 5.74) is 1.94. The van der Waals surface area contributed by atoms with Gasteiger partial charge in [-0.05, 0) is 45.6 Å². The standard InChI is InChI=1S/C18H23N5O3S/c1-9(24)7-22(8-10(2)25)18(26)15-20-16-14-12-5-4-6-13(12)27-17(14)19-11(3)23(16)21-15/h9-10,24-25H,4-8H2,1-3H3/t9-,10+. The van der Waals surface area contributed by atoms with Crippen molar-refractivity contribution < 1.29 is 15.0 Å². The third-order valence-corrected chi connectivity index (χ3v) is 5.94. The fraction of sp³-hybridized carbons (Fsp3) is 0.556. The molecule has 3 aromatic heterocycles. The van der Waals surface area contributed by atoms with E-state index < -0.39 is 18.1 Å². The molecule has 3 heterocycles. The van der Waals surface area contributed by atoms with Gasteiger partial charge in [0, 0.05) is 18.0 Å². The third-order valence-electron chi connectivity index (χ3n) is 4.75. The molecule has 0 saturated carbocycles. The van der Waals surface area contributed by atoms with Crippen LogP contribution < -0.4 is 0 Å². The molecule has 1 amide bonds. The van der Waals surface area contributed by atoms with Crippen molar-refractivity contribution in [2.24, 2.45) is 0 Å². The van der Waals surface area contributed by atoms with Crippen LogP contribution in [-0.2, 0) is 12.8 Å². The summed E-state index contributed by atoms with van der Waals surface area (Å²) < 4.78 is 1.63. The monoisotopic (exact) mass is 389 g/mol. The molecule has 0 unspecified atom stereocenters. The number of amides is 1. The van der Waals surface area contributed by atoms with Crippen molar-refractivity contribution in [2.75, 3.05) is 13.1 Å². The number of hydrogen-bond donors (Lipinski definition) is 2. The lowest BCUT2D eigenvalue weighted by Crippen LogP contribution is -2.41. The predicted octanol–water partition coefficient (Wildman–Crippen LogP) is 1.34. The summed E-state index contributed by atoms with van der Waals surface area (Å²) in [6, 6.07) is 0. The molecule has 0 aromatic carbocycles. The fourth-order valence-corrected chi connectivity index (χ4v) is 5.00. The average Bonchev–Trinajstić information content (AvgIpc) is 3.25. The van der Waals surface area contributed by atoms with Crippen molar-refractivity contribution in [2.45, 2.75) is 52.2 Å². The van der Waals surface area contributed by atoms with Crippen molar-refractivity contribution >= 4 is 33.1 Å². The average molecular weight is 389 g/mol. The number of hydrogen-bond acceptors (Lipinski definition) is 7. The fourth-order valence-electron chi connectivity index (χ4n) is 3.70. The quantitative estimate of drug-likeness (QED) is 0.682. The van der Waals surface area contributed by atoms with Crippen LogP contribution in [0.5, 0.6) is 0 Å². The van der Waals surface area contributed by atoms with Crippen LogP contribution >= 0.6 is 11.3 Å². The number of aryl methyl sites for hydroxylation is 3. The van der Waals surface area contributed by atoms with Crippen LogP contribution in [0.15, 0.2) is 0 Å². The van der Waals surface area contributed by atoms with Crippen LogP contribution in [0.3, 0.4) is 0 Å². The van der Waals surface area contributed by atoms with Crippen molar-refractivity contribution in [1.29, 1.82) is 0 Å². The SMILES string of the molecule is Cc1nc2sc3c(c2c2nc(C(=O)N(C[C@H](C)O)C[C@@H](C)O)nn12)CCC3. The summed E-state index contributed by atoms with van der Waals surface area (Å²) in [5.74, 6) is 0.341. The molecule has 0 fully saturated rings. The summed E-state index contributed by atoms with van der Waals surface area (Å²) in [7, 11) is 0. The summed E-state index contributed by atoms with van der Waals surface area (Å²) in [6.45, 7) is 5.28. The van der Waals surface area contributed by atoms with Crippen molar-refractivity contribution in [3.05, 3.63) is 22.1 Å². The highest BCUT2D eigenvalue weighted by Gasteiger charge is 2.27. The lowest BCUT2D eigenvalue weighted by atomic mass is 10.2. The minimum absolute atomic E-state index is 0.0617. The molecule has 0 spiro atoms. The second-order valence-corrected chi connectivity index (χ2v) is 8.36. The van der Waals surface area contributed by atoms with Gasteiger partial charge in [0.2, 0.25) is 5.82 Å². The minimum atomic E-state index is -0.708. The van der Waals surface area contributed by atoms with E-state index in [1.807, 2.05) is 6.92 Å². The van der Waals surface area contributed by atoms with Gasteiger partial charge in [-0.15, -0.1) is 16.4 Å². The van der Waals surface area contributed by atoms with Crippen molar-refractivity contribution in [3.8, 4) is 0 Å². The van der Waals surface area contributed by atoms with E-state index in [2.05, 4.69) is 15.1 Å². The molecule has 1 aliphatic carbocycles. The lowest BCUT2D eigenvalue weighted by Gasteiger charge is -2.23. The molecule has 3 aromatic rings. The number of aliphatic hydroxyl groups is 2. The Kier molecular flexibility index (Phi) is 4.61. The molecular formula is C18H23N5O3S. The van der Waals surface area contributed by atoms with Gasteiger partial charge in [0.25, 0.3) is 5.91 Å². The molecule has 8 nitrogen and oxygen atoms in total. The van der Waals surface area contributed by atoms with E-state index in [0.29, 0.717) is 11.5 Å². The van der Waals surface area contributed by atoms with Gasteiger partial charge in [-0.1, -0.05) is 0 Å². The maximum Gasteiger partial charge on any atom is 0.293 e. The number of carbonyl (C=O) groups is 1. The molecule has 0 bridgehead atoms. The third kappa shape index (κ3) is 3.19. The van der Waals surface area contributed by atoms with Gasteiger partial charge in [0.1, 0.15) is 10.7 Å². The van der Waals surface area contributed by atoms with Crippen LogP contribution in [0, 0.1) is 6.92 Å². The number of thiophene rings is 1. The molecule has 2 N–H and O–H groups in total. The molecule has 144 valence electrons. The number of carbonyl (C=O) groups excluding carboxylic acids is 1. The topological polar surface area (TPSA) is 104 Å². The first-order chi connectivity index (χ1) is 12.8. The Morgan fingerprint density at radius 3 is 2.59 bits per heavy atom. The molecule has 0 aliphatic heterocycles. The summed E-state index contributed by atoms with van der Waals surface area (Å²) in [4.78, 5) is 25.8. The zero-order valence-corrected chi connectivity index (χ0v) is 16.5. The zero-order valence-electron chi connectivity index (χ0n) is 15.6. The summed E-state index contributed by atoms with van der Waals surface area (Å²) in [6.07, 6.45) is 1.79.